The third-order valence-corrected chi connectivity index (χ3v) is 6.17. The average molecular weight is 535 g/mol. The molecular weight excluding hydrogens is 512 g/mol. The highest BCUT2D eigenvalue weighted by molar-refractivity contribution is 5.77. The number of ether oxygens (including phenoxy) is 1. The molecule has 4 heterocycles. The number of morpholine rings is 1. The second kappa shape index (κ2) is 10.6. The number of carbonyl (C=O) groups excluding carboxylic acids is 1. The second-order valence-electron chi connectivity index (χ2n) is 8.64. The lowest BCUT2D eigenvalue weighted by atomic mass is 10.1. The van der Waals surface area contributed by atoms with Crippen LogP contribution in [0.1, 0.15) is 23.2 Å². The van der Waals surface area contributed by atoms with Crippen molar-refractivity contribution >= 4 is 11.9 Å². The van der Waals surface area contributed by atoms with Gasteiger partial charge in [0.2, 0.25) is 11.9 Å². The van der Waals surface area contributed by atoms with Gasteiger partial charge in [-0.2, -0.15) is 31.4 Å². The van der Waals surface area contributed by atoms with Gasteiger partial charge in [0.05, 0.1) is 24.5 Å². The van der Waals surface area contributed by atoms with Gasteiger partial charge in [0.1, 0.15) is 5.56 Å². The van der Waals surface area contributed by atoms with Crippen LogP contribution in [0.15, 0.2) is 23.3 Å². The van der Waals surface area contributed by atoms with Crippen LogP contribution in [0.2, 0.25) is 0 Å². The SMILES string of the molecule is O=C(C[C@H]1COCCN1Cc1cc(C(F)(F)F)c(=O)[nH]n1)N1CCN(c2ncc(C(F)(F)F)cn2)CC1. The molecule has 2 aliphatic heterocycles. The highest BCUT2D eigenvalue weighted by Gasteiger charge is 2.36. The predicted octanol–water partition coefficient (Wildman–Crippen LogP) is 1.54. The highest BCUT2D eigenvalue weighted by atomic mass is 19.4. The Morgan fingerprint density at radius 3 is 2.32 bits per heavy atom. The van der Waals surface area contributed by atoms with E-state index in [9.17, 15) is 35.9 Å². The summed E-state index contributed by atoms with van der Waals surface area (Å²) in [5, 5.41) is 5.58. The van der Waals surface area contributed by atoms with Crippen molar-refractivity contribution in [2.45, 2.75) is 31.4 Å². The molecule has 1 amide bonds. The van der Waals surface area contributed by atoms with Crippen LogP contribution in [-0.4, -0.2) is 87.9 Å². The van der Waals surface area contributed by atoms with Crippen LogP contribution in [0.25, 0.3) is 0 Å². The fraction of sp³-hybridized carbons (Fsp3) is 0.571. The number of alkyl halides is 6. The zero-order chi connectivity index (χ0) is 26.8. The molecule has 0 spiro atoms. The van der Waals surface area contributed by atoms with Crippen LogP contribution < -0.4 is 10.5 Å². The molecule has 0 unspecified atom stereocenters. The van der Waals surface area contributed by atoms with Crippen molar-refractivity contribution in [3.63, 3.8) is 0 Å². The number of H-pyrrole nitrogens is 1. The number of halogens is 6. The number of aromatic nitrogens is 4. The Labute approximate surface area is 206 Å². The number of nitrogens with zero attached hydrogens (tertiary/aromatic N) is 6. The fourth-order valence-corrected chi connectivity index (χ4v) is 4.15. The molecule has 1 atom stereocenters. The molecule has 10 nitrogen and oxygen atoms in total. The maximum absolute atomic E-state index is 13.1. The van der Waals surface area contributed by atoms with Crippen LogP contribution in [0.4, 0.5) is 32.3 Å². The molecule has 0 radical (unpaired) electrons. The van der Waals surface area contributed by atoms with E-state index in [1.807, 2.05) is 5.10 Å². The summed E-state index contributed by atoms with van der Waals surface area (Å²) < 4.78 is 82.8. The van der Waals surface area contributed by atoms with Crippen molar-refractivity contribution < 1.29 is 35.9 Å². The van der Waals surface area contributed by atoms with Gasteiger partial charge in [0.15, 0.2) is 0 Å². The lowest BCUT2D eigenvalue weighted by molar-refractivity contribution is -0.139. The van der Waals surface area contributed by atoms with E-state index in [0.717, 1.165) is 0 Å². The minimum atomic E-state index is -4.82. The molecule has 0 aromatic carbocycles. The number of hydrogen-bond acceptors (Lipinski definition) is 8. The van der Waals surface area contributed by atoms with Crippen LogP contribution in [0.5, 0.6) is 0 Å². The number of amides is 1. The van der Waals surface area contributed by atoms with Crippen LogP contribution in [0, 0.1) is 0 Å². The normalized spacial score (nSPS) is 19.8. The Hall–Kier alpha value is -3.27. The zero-order valence-electron chi connectivity index (χ0n) is 19.3. The smallest absolute Gasteiger partial charge is 0.378 e. The lowest BCUT2D eigenvalue weighted by Gasteiger charge is -2.38. The molecule has 4 rings (SSSR count). The summed E-state index contributed by atoms with van der Waals surface area (Å²) >= 11 is 0. The molecule has 2 fully saturated rings. The van der Waals surface area contributed by atoms with E-state index in [2.05, 4.69) is 15.1 Å². The summed E-state index contributed by atoms with van der Waals surface area (Å²) in [6.07, 6.45) is -7.88. The summed E-state index contributed by atoms with van der Waals surface area (Å²) in [5.74, 6) is -0.0579. The third kappa shape index (κ3) is 6.54. The minimum absolute atomic E-state index is 0.0106. The van der Waals surface area contributed by atoms with Crippen molar-refractivity contribution in [2.75, 3.05) is 50.8 Å². The van der Waals surface area contributed by atoms with Crippen LogP contribution in [0.3, 0.4) is 0 Å². The Balaban J connectivity index is 1.34. The van der Waals surface area contributed by atoms with E-state index in [1.165, 1.54) is 0 Å². The number of aromatic amines is 1. The highest BCUT2D eigenvalue weighted by Crippen LogP contribution is 2.29. The summed E-state index contributed by atoms with van der Waals surface area (Å²) in [7, 11) is 0. The molecule has 0 bridgehead atoms. The van der Waals surface area contributed by atoms with E-state index in [-0.39, 0.29) is 37.1 Å². The van der Waals surface area contributed by atoms with Crippen molar-refractivity contribution in [1.29, 1.82) is 0 Å². The Bertz CT molecular complexity index is 1150. The molecule has 0 saturated carbocycles. The van der Waals surface area contributed by atoms with Crippen molar-refractivity contribution in [1.82, 2.24) is 30.0 Å². The topological polar surface area (TPSA) is 108 Å². The van der Waals surface area contributed by atoms with Gasteiger partial charge in [0, 0.05) is 64.1 Å². The van der Waals surface area contributed by atoms with Crippen molar-refractivity contribution in [3.05, 3.63) is 45.6 Å². The fourth-order valence-electron chi connectivity index (χ4n) is 4.15. The van der Waals surface area contributed by atoms with Gasteiger partial charge >= 0.3 is 12.4 Å². The molecule has 2 aromatic rings. The molecule has 202 valence electrons. The summed E-state index contributed by atoms with van der Waals surface area (Å²) in [4.78, 5) is 37.1. The predicted molar refractivity (Wildman–Crippen MR) is 115 cm³/mol. The zero-order valence-corrected chi connectivity index (χ0v) is 19.3. The standard InChI is InChI=1S/C21H23F6N7O3/c22-20(23,24)13-9-28-19(29-10-13)33-3-1-32(2-4-33)17(35)8-15-12-37-6-5-34(15)11-14-7-16(21(25,26)27)18(36)31-30-14/h7,9-10,15H,1-6,8,11-12H2,(H,31,36)/t15-/m0/s1. The monoisotopic (exact) mass is 535 g/mol. The number of anilines is 1. The van der Waals surface area contributed by atoms with Crippen LogP contribution in [-0.2, 0) is 28.4 Å². The number of carbonyl (C=O) groups is 1. The largest absolute Gasteiger partial charge is 0.421 e. The van der Waals surface area contributed by atoms with Crippen molar-refractivity contribution in [2.24, 2.45) is 0 Å². The van der Waals surface area contributed by atoms with Crippen LogP contribution >= 0.6 is 0 Å². The molecule has 0 aliphatic carbocycles. The van der Waals surface area contributed by atoms with E-state index >= 15 is 0 Å². The molecule has 37 heavy (non-hydrogen) atoms. The number of piperazine rings is 1. The number of hydrogen-bond donors (Lipinski definition) is 1. The first-order valence-corrected chi connectivity index (χ1v) is 11.3. The Morgan fingerprint density at radius 1 is 1.03 bits per heavy atom. The van der Waals surface area contributed by atoms with Gasteiger partial charge in [-0.15, -0.1) is 0 Å². The summed E-state index contributed by atoms with van der Waals surface area (Å²) in [6, 6.07) is 0.288. The maximum Gasteiger partial charge on any atom is 0.421 e. The Kier molecular flexibility index (Phi) is 7.68. The molecule has 2 saturated heterocycles. The Morgan fingerprint density at radius 2 is 1.70 bits per heavy atom. The van der Waals surface area contributed by atoms with E-state index in [1.54, 1.807) is 14.7 Å². The molecule has 1 N–H and O–H groups in total. The van der Waals surface area contributed by atoms with Gasteiger partial charge in [0.25, 0.3) is 5.56 Å². The minimum Gasteiger partial charge on any atom is -0.378 e. The summed E-state index contributed by atoms with van der Waals surface area (Å²) in [6.45, 7) is 2.11. The van der Waals surface area contributed by atoms with Gasteiger partial charge in [-0.25, -0.2) is 15.1 Å². The molecule has 2 aliphatic rings. The maximum atomic E-state index is 13.1. The van der Waals surface area contributed by atoms with Gasteiger partial charge < -0.3 is 14.5 Å². The van der Waals surface area contributed by atoms with E-state index in [4.69, 9.17) is 4.74 Å². The number of nitrogens with one attached hydrogen (secondary N) is 1. The molecule has 16 heteroatoms. The van der Waals surface area contributed by atoms with Gasteiger partial charge in [-0.1, -0.05) is 0 Å². The average Bonchev–Trinajstić information content (AvgIpc) is 2.85. The quantitative estimate of drug-likeness (QED) is 0.575. The number of rotatable bonds is 5. The summed E-state index contributed by atoms with van der Waals surface area (Å²) in [5.41, 5.74) is -3.61. The van der Waals surface area contributed by atoms with Crippen molar-refractivity contribution in [3.8, 4) is 0 Å². The molecular formula is C21H23F6N7O3. The molecule has 2 aromatic heterocycles. The first kappa shape index (κ1) is 26.8. The van der Waals surface area contributed by atoms with Gasteiger partial charge in [-0.3, -0.25) is 14.5 Å². The first-order valence-electron chi connectivity index (χ1n) is 11.3. The second-order valence-corrected chi connectivity index (χ2v) is 8.64. The van der Waals surface area contributed by atoms with Gasteiger partial charge in [-0.05, 0) is 6.07 Å². The van der Waals surface area contributed by atoms with E-state index in [0.29, 0.717) is 57.8 Å². The lowest BCUT2D eigenvalue weighted by Crippen LogP contribution is -2.52. The van der Waals surface area contributed by atoms with E-state index < -0.39 is 35.1 Å². The third-order valence-electron chi connectivity index (χ3n) is 6.17. The first-order chi connectivity index (χ1) is 17.4.